The number of rotatable bonds is 4. The van der Waals surface area contributed by atoms with Crippen LogP contribution in [0.5, 0.6) is 0 Å². The third-order valence-electron chi connectivity index (χ3n) is 3.58. The first-order chi connectivity index (χ1) is 10.1. The van der Waals surface area contributed by atoms with Crippen LogP contribution in [-0.2, 0) is 0 Å². The topological polar surface area (TPSA) is 30.7 Å². The summed E-state index contributed by atoms with van der Waals surface area (Å²) in [4.78, 5) is 10.6. The number of hydrogen-bond acceptors (Lipinski definition) is 3. The van der Waals surface area contributed by atoms with E-state index >= 15 is 0 Å². The van der Waals surface area contributed by atoms with Crippen LogP contribution in [0.1, 0.15) is 42.9 Å². The minimum absolute atomic E-state index is 0.152. The second-order valence-corrected chi connectivity index (χ2v) is 7.14. The molecule has 0 aliphatic heterocycles. The van der Waals surface area contributed by atoms with Crippen molar-refractivity contribution in [3.05, 3.63) is 46.5 Å². The first-order valence-corrected chi connectivity index (χ1v) is 8.41. The molecule has 3 aromatic rings. The summed E-state index contributed by atoms with van der Waals surface area (Å²) in [5.74, 6) is 1.31. The highest BCUT2D eigenvalue weighted by Gasteiger charge is 2.26. The van der Waals surface area contributed by atoms with Gasteiger partial charge in [-0.2, -0.15) is 0 Å². The summed E-state index contributed by atoms with van der Waals surface area (Å²) in [6.45, 7) is 6.41. The first kappa shape index (κ1) is 14.5. The van der Waals surface area contributed by atoms with Crippen LogP contribution >= 0.6 is 22.9 Å². The van der Waals surface area contributed by atoms with E-state index in [1.54, 1.807) is 11.3 Å². The van der Waals surface area contributed by atoms with Gasteiger partial charge in [0.2, 0.25) is 0 Å². The van der Waals surface area contributed by atoms with Crippen molar-refractivity contribution in [1.29, 1.82) is 0 Å². The Hall–Kier alpha value is -1.39. The lowest BCUT2D eigenvalue weighted by molar-refractivity contribution is 0.438. The molecule has 3 rings (SSSR count). The molecule has 2 atom stereocenters. The van der Waals surface area contributed by atoms with E-state index in [9.17, 15) is 0 Å². The number of hydrogen-bond donors (Lipinski definition) is 0. The maximum absolute atomic E-state index is 6.38. The molecule has 0 radical (unpaired) electrons. The lowest BCUT2D eigenvalue weighted by Gasteiger charge is -2.24. The van der Waals surface area contributed by atoms with Crippen LogP contribution in [0.3, 0.4) is 0 Å². The number of pyridine rings is 1. The van der Waals surface area contributed by atoms with Crippen LogP contribution in [0.25, 0.3) is 11.2 Å². The normalized spacial score (nSPS) is 14.7. The predicted octanol–water partition coefficient (Wildman–Crippen LogP) is 5.04. The third-order valence-corrected chi connectivity index (χ3v) is 4.71. The number of imidazole rings is 1. The van der Waals surface area contributed by atoms with Crippen molar-refractivity contribution in [2.24, 2.45) is 5.92 Å². The maximum atomic E-state index is 6.38. The van der Waals surface area contributed by atoms with Gasteiger partial charge in [0.15, 0.2) is 5.65 Å². The van der Waals surface area contributed by atoms with Crippen LogP contribution in [0.15, 0.2) is 35.8 Å². The molecule has 0 fully saturated rings. The van der Waals surface area contributed by atoms with Crippen LogP contribution in [0, 0.1) is 5.92 Å². The van der Waals surface area contributed by atoms with E-state index in [2.05, 4.69) is 40.9 Å². The van der Waals surface area contributed by atoms with Crippen molar-refractivity contribution in [2.75, 3.05) is 0 Å². The second-order valence-electron chi connectivity index (χ2n) is 5.51. The Morgan fingerprint density at radius 1 is 1.19 bits per heavy atom. The fourth-order valence-corrected chi connectivity index (χ4v) is 3.86. The Morgan fingerprint density at radius 3 is 2.62 bits per heavy atom. The van der Waals surface area contributed by atoms with Gasteiger partial charge in [-0.25, -0.2) is 9.97 Å². The predicted molar refractivity (Wildman–Crippen MR) is 89.1 cm³/mol. The Bertz CT molecular complexity index is 731. The molecule has 21 heavy (non-hydrogen) atoms. The highest BCUT2D eigenvalue weighted by atomic mass is 35.5. The van der Waals surface area contributed by atoms with E-state index in [0.29, 0.717) is 5.92 Å². The van der Waals surface area contributed by atoms with Gasteiger partial charge in [0.05, 0.1) is 11.4 Å². The Morgan fingerprint density at radius 2 is 2.00 bits per heavy atom. The lowest BCUT2D eigenvalue weighted by atomic mass is 10.0. The molecule has 0 bridgehead atoms. The van der Waals surface area contributed by atoms with Gasteiger partial charge in [0, 0.05) is 11.1 Å². The van der Waals surface area contributed by atoms with Gasteiger partial charge in [-0.15, -0.1) is 22.9 Å². The van der Waals surface area contributed by atoms with E-state index < -0.39 is 0 Å². The molecular weight excluding hydrogens is 302 g/mol. The summed E-state index contributed by atoms with van der Waals surface area (Å²) in [7, 11) is 0. The fraction of sp³-hybridized carbons (Fsp3) is 0.375. The molecule has 0 aromatic carbocycles. The smallest absolute Gasteiger partial charge is 0.160 e. The average Bonchev–Trinajstić information content (AvgIpc) is 3.07. The van der Waals surface area contributed by atoms with E-state index in [-0.39, 0.29) is 11.4 Å². The quantitative estimate of drug-likeness (QED) is 0.631. The van der Waals surface area contributed by atoms with Gasteiger partial charge in [0.1, 0.15) is 11.3 Å². The standard InChI is InChI=1S/C16H18ClN3S/c1-10(2)14(13-7-5-9-21-13)20-15(11(3)17)19-12-6-4-8-18-16(12)20/h4-11,14H,1-3H3. The monoisotopic (exact) mass is 319 g/mol. The largest absolute Gasteiger partial charge is 0.303 e. The van der Waals surface area contributed by atoms with Crippen molar-refractivity contribution in [2.45, 2.75) is 32.2 Å². The number of thiophene rings is 1. The molecule has 3 heterocycles. The van der Waals surface area contributed by atoms with Crippen molar-refractivity contribution < 1.29 is 0 Å². The van der Waals surface area contributed by atoms with Crippen LogP contribution in [0.2, 0.25) is 0 Å². The molecule has 0 saturated carbocycles. The zero-order chi connectivity index (χ0) is 15.0. The van der Waals surface area contributed by atoms with E-state index in [1.807, 2.05) is 25.3 Å². The number of aromatic nitrogens is 3. The molecule has 0 N–H and O–H groups in total. The van der Waals surface area contributed by atoms with Gasteiger partial charge in [0.25, 0.3) is 0 Å². The molecule has 3 aromatic heterocycles. The zero-order valence-corrected chi connectivity index (χ0v) is 13.9. The van der Waals surface area contributed by atoms with Crippen molar-refractivity contribution in [3.8, 4) is 0 Å². The number of nitrogens with zero attached hydrogens (tertiary/aromatic N) is 3. The maximum Gasteiger partial charge on any atom is 0.160 e. The second kappa shape index (κ2) is 5.78. The van der Waals surface area contributed by atoms with Crippen LogP contribution in [0.4, 0.5) is 0 Å². The highest BCUT2D eigenvalue weighted by Crippen LogP contribution is 2.36. The molecule has 0 amide bonds. The van der Waals surface area contributed by atoms with Crippen LogP contribution < -0.4 is 0 Å². The Kier molecular flexibility index (Phi) is 4.00. The first-order valence-electron chi connectivity index (χ1n) is 7.10. The number of alkyl halides is 1. The van der Waals surface area contributed by atoms with Gasteiger partial charge in [-0.05, 0) is 36.4 Å². The Labute approximate surface area is 133 Å². The minimum Gasteiger partial charge on any atom is -0.303 e. The molecule has 3 nitrogen and oxygen atoms in total. The summed E-state index contributed by atoms with van der Waals surface area (Å²) in [5.41, 5.74) is 1.81. The molecular formula is C16H18ClN3S. The molecule has 0 saturated heterocycles. The molecule has 5 heteroatoms. The fourth-order valence-electron chi connectivity index (χ4n) is 2.72. The summed E-state index contributed by atoms with van der Waals surface area (Å²) < 4.78 is 2.21. The minimum atomic E-state index is -0.152. The zero-order valence-electron chi connectivity index (χ0n) is 12.3. The summed E-state index contributed by atoms with van der Waals surface area (Å²) in [5, 5.41) is 1.96. The van der Waals surface area contributed by atoms with Crippen molar-refractivity contribution >= 4 is 34.1 Å². The molecule has 0 aliphatic carbocycles. The van der Waals surface area contributed by atoms with Gasteiger partial charge >= 0.3 is 0 Å². The van der Waals surface area contributed by atoms with Crippen molar-refractivity contribution in [1.82, 2.24) is 14.5 Å². The third kappa shape index (κ3) is 2.58. The lowest BCUT2D eigenvalue weighted by Crippen LogP contribution is -2.18. The van der Waals surface area contributed by atoms with E-state index in [0.717, 1.165) is 17.0 Å². The van der Waals surface area contributed by atoms with Gasteiger partial charge in [-0.3, -0.25) is 0 Å². The highest BCUT2D eigenvalue weighted by molar-refractivity contribution is 7.10. The summed E-state index contributed by atoms with van der Waals surface area (Å²) >= 11 is 8.15. The summed E-state index contributed by atoms with van der Waals surface area (Å²) in [6.07, 6.45) is 1.81. The van der Waals surface area contributed by atoms with E-state index in [1.165, 1.54) is 4.88 Å². The summed E-state index contributed by atoms with van der Waals surface area (Å²) in [6, 6.07) is 8.38. The number of halogens is 1. The molecule has 2 unspecified atom stereocenters. The van der Waals surface area contributed by atoms with Gasteiger partial charge in [-0.1, -0.05) is 19.9 Å². The van der Waals surface area contributed by atoms with E-state index in [4.69, 9.17) is 16.6 Å². The molecule has 0 spiro atoms. The average molecular weight is 320 g/mol. The molecule has 110 valence electrons. The Balaban J connectivity index is 2.28. The van der Waals surface area contributed by atoms with Crippen molar-refractivity contribution in [3.63, 3.8) is 0 Å². The molecule has 0 aliphatic rings. The van der Waals surface area contributed by atoms with Crippen LogP contribution in [-0.4, -0.2) is 14.5 Å². The number of fused-ring (bicyclic) bond motifs is 1. The SMILES string of the molecule is CC(Cl)c1nc2cccnc2n1C(c1cccs1)C(C)C. The van der Waals surface area contributed by atoms with Gasteiger partial charge < -0.3 is 4.57 Å².